The van der Waals surface area contributed by atoms with Crippen molar-refractivity contribution in [2.24, 2.45) is 0 Å². The first kappa shape index (κ1) is 16.1. The molecule has 2 aromatic rings. The lowest BCUT2D eigenvalue weighted by Crippen LogP contribution is -2.23. The van der Waals surface area contributed by atoms with E-state index in [1.807, 2.05) is 0 Å². The fourth-order valence-electron chi connectivity index (χ4n) is 1.72. The molecule has 0 unspecified atom stereocenters. The minimum atomic E-state index is -3.82. The molecule has 1 heterocycles. The molecule has 0 atom stereocenters. The molecular formula is C14H14FN3O3S. The summed E-state index contributed by atoms with van der Waals surface area (Å²) in [6.45, 7) is 1.29. The summed E-state index contributed by atoms with van der Waals surface area (Å²) in [5, 5.41) is 2.24. The molecule has 0 bridgehead atoms. The van der Waals surface area contributed by atoms with Crippen LogP contribution in [-0.2, 0) is 21.4 Å². The fraction of sp³-hybridized carbons (Fsp3) is 0.143. The average Bonchev–Trinajstić information content (AvgIpc) is 2.48. The lowest BCUT2D eigenvalue weighted by molar-refractivity contribution is -0.114. The number of carbonyl (C=O) groups excluding carboxylic acids is 1. The van der Waals surface area contributed by atoms with Crippen LogP contribution in [0.25, 0.3) is 0 Å². The second-order valence-corrected chi connectivity index (χ2v) is 6.27. The van der Waals surface area contributed by atoms with Gasteiger partial charge in [0.15, 0.2) is 0 Å². The van der Waals surface area contributed by atoms with E-state index in [0.717, 1.165) is 23.8 Å². The molecule has 0 aliphatic rings. The normalized spacial score (nSPS) is 11.2. The van der Waals surface area contributed by atoms with Crippen LogP contribution in [-0.4, -0.2) is 19.3 Å². The van der Waals surface area contributed by atoms with E-state index < -0.39 is 21.7 Å². The Bertz CT molecular complexity index is 779. The molecule has 1 aromatic heterocycles. The van der Waals surface area contributed by atoms with Crippen molar-refractivity contribution in [2.75, 3.05) is 5.32 Å². The lowest BCUT2D eigenvalue weighted by Gasteiger charge is -2.09. The smallest absolute Gasteiger partial charge is 0.240 e. The second kappa shape index (κ2) is 6.63. The zero-order chi connectivity index (χ0) is 16.2. The van der Waals surface area contributed by atoms with Gasteiger partial charge in [0.2, 0.25) is 15.9 Å². The van der Waals surface area contributed by atoms with E-state index in [0.29, 0.717) is 0 Å². The van der Waals surface area contributed by atoms with Crippen molar-refractivity contribution in [3.8, 4) is 0 Å². The first-order chi connectivity index (χ1) is 10.4. The van der Waals surface area contributed by atoms with Crippen molar-refractivity contribution in [3.05, 3.63) is 54.1 Å². The summed E-state index contributed by atoms with van der Waals surface area (Å²) < 4.78 is 40.3. The van der Waals surface area contributed by atoms with E-state index in [4.69, 9.17) is 0 Å². The zero-order valence-corrected chi connectivity index (χ0v) is 12.5. The molecule has 0 aliphatic carbocycles. The van der Waals surface area contributed by atoms with Gasteiger partial charge in [-0.1, -0.05) is 0 Å². The molecule has 1 amide bonds. The van der Waals surface area contributed by atoms with Gasteiger partial charge in [0, 0.05) is 25.9 Å². The van der Waals surface area contributed by atoms with Gasteiger partial charge in [-0.25, -0.2) is 17.5 Å². The largest absolute Gasteiger partial charge is 0.324 e. The van der Waals surface area contributed by atoms with Crippen LogP contribution in [0, 0.1) is 5.82 Å². The van der Waals surface area contributed by atoms with Gasteiger partial charge in [-0.05, 0) is 35.9 Å². The van der Waals surface area contributed by atoms with Crippen molar-refractivity contribution in [1.29, 1.82) is 0 Å². The van der Waals surface area contributed by atoms with Gasteiger partial charge in [0.05, 0.1) is 10.6 Å². The number of amides is 1. The molecular weight excluding hydrogens is 309 g/mol. The van der Waals surface area contributed by atoms with E-state index >= 15 is 0 Å². The molecule has 22 heavy (non-hydrogen) atoms. The first-order valence-electron chi connectivity index (χ1n) is 6.34. The number of nitrogens with one attached hydrogen (secondary N) is 2. The molecule has 0 spiro atoms. The number of halogens is 1. The van der Waals surface area contributed by atoms with E-state index in [1.165, 1.54) is 6.92 Å². The summed E-state index contributed by atoms with van der Waals surface area (Å²) in [5.74, 6) is -1.19. The van der Waals surface area contributed by atoms with Crippen LogP contribution in [0.5, 0.6) is 0 Å². The Morgan fingerprint density at radius 1 is 1.23 bits per heavy atom. The molecule has 0 saturated carbocycles. The average molecular weight is 323 g/mol. The van der Waals surface area contributed by atoms with Crippen LogP contribution in [0.4, 0.5) is 10.1 Å². The van der Waals surface area contributed by atoms with Crippen LogP contribution in [0.15, 0.2) is 47.6 Å². The monoisotopic (exact) mass is 323 g/mol. The topological polar surface area (TPSA) is 88.2 Å². The van der Waals surface area contributed by atoms with Gasteiger partial charge in [0.25, 0.3) is 0 Å². The van der Waals surface area contributed by atoms with Gasteiger partial charge in [0.1, 0.15) is 5.82 Å². The molecule has 116 valence electrons. The molecule has 1 aromatic carbocycles. The van der Waals surface area contributed by atoms with E-state index in [1.54, 1.807) is 24.5 Å². The van der Waals surface area contributed by atoms with E-state index in [9.17, 15) is 17.6 Å². The van der Waals surface area contributed by atoms with Gasteiger partial charge in [-0.15, -0.1) is 0 Å². The van der Waals surface area contributed by atoms with Crippen molar-refractivity contribution in [1.82, 2.24) is 9.71 Å². The maximum Gasteiger partial charge on any atom is 0.240 e. The number of sulfonamides is 1. The number of pyridine rings is 1. The molecule has 6 nitrogen and oxygen atoms in total. The predicted octanol–water partition coefficient (Wildman–Crippen LogP) is 1.66. The Labute approximate surface area is 127 Å². The highest BCUT2D eigenvalue weighted by molar-refractivity contribution is 7.89. The minimum Gasteiger partial charge on any atom is -0.324 e. The SMILES string of the molecule is CC(=O)Nc1cc(S(=O)(=O)NCc2ccncc2)ccc1F. The third-order valence-electron chi connectivity index (χ3n) is 2.77. The van der Waals surface area contributed by atoms with Crippen molar-refractivity contribution < 1.29 is 17.6 Å². The Morgan fingerprint density at radius 2 is 1.91 bits per heavy atom. The molecule has 8 heteroatoms. The van der Waals surface area contributed by atoms with Crippen molar-refractivity contribution in [3.63, 3.8) is 0 Å². The third-order valence-corrected chi connectivity index (χ3v) is 4.17. The number of anilines is 1. The molecule has 2 rings (SSSR count). The molecule has 2 N–H and O–H groups in total. The summed E-state index contributed by atoms with van der Waals surface area (Å²) >= 11 is 0. The van der Waals surface area contributed by atoms with Crippen molar-refractivity contribution >= 4 is 21.6 Å². The Balaban J connectivity index is 2.20. The maximum atomic E-state index is 13.5. The van der Waals surface area contributed by atoms with Gasteiger partial charge in [-0.3, -0.25) is 9.78 Å². The first-order valence-corrected chi connectivity index (χ1v) is 7.82. The van der Waals surface area contributed by atoms with Crippen LogP contribution < -0.4 is 10.0 Å². The number of aromatic nitrogens is 1. The fourth-order valence-corrected chi connectivity index (χ4v) is 2.76. The molecule has 0 saturated heterocycles. The highest BCUT2D eigenvalue weighted by Crippen LogP contribution is 2.19. The van der Waals surface area contributed by atoms with Gasteiger partial charge in [-0.2, -0.15) is 0 Å². The summed E-state index contributed by atoms with van der Waals surface area (Å²) in [5.41, 5.74) is 0.557. The summed E-state index contributed by atoms with van der Waals surface area (Å²) in [7, 11) is -3.82. The third kappa shape index (κ3) is 4.09. The zero-order valence-electron chi connectivity index (χ0n) is 11.7. The van der Waals surface area contributed by atoms with Crippen LogP contribution >= 0.6 is 0 Å². The predicted molar refractivity (Wildman–Crippen MR) is 79.0 cm³/mol. The van der Waals surface area contributed by atoms with Crippen LogP contribution in [0.2, 0.25) is 0 Å². The lowest BCUT2D eigenvalue weighted by atomic mass is 10.3. The molecule has 0 aliphatic heterocycles. The summed E-state index contributed by atoms with van der Waals surface area (Å²) in [6, 6.07) is 6.55. The number of nitrogens with zero attached hydrogens (tertiary/aromatic N) is 1. The number of rotatable bonds is 5. The number of carbonyl (C=O) groups is 1. The minimum absolute atomic E-state index is 0.0811. The molecule has 0 fully saturated rings. The van der Waals surface area contributed by atoms with Gasteiger partial charge < -0.3 is 5.32 Å². The van der Waals surface area contributed by atoms with Crippen molar-refractivity contribution in [2.45, 2.75) is 18.4 Å². The molecule has 0 radical (unpaired) electrons. The summed E-state index contributed by atoms with van der Waals surface area (Å²) in [6.07, 6.45) is 3.10. The number of hydrogen-bond acceptors (Lipinski definition) is 4. The van der Waals surface area contributed by atoms with Crippen LogP contribution in [0.1, 0.15) is 12.5 Å². The van der Waals surface area contributed by atoms with Gasteiger partial charge >= 0.3 is 0 Å². The van der Waals surface area contributed by atoms with Crippen LogP contribution in [0.3, 0.4) is 0 Å². The Morgan fingerprint density at radius 3 is 2.55 bits per heavy atom. The van der Waals surface area contributed by atoms with E-state index in [-0.39, 0.29) is 17.1 Å². The Kier molecular flexibility index (Phi) is 4.84. The Hall–Kier alpha value is -2.32. The quantitative estimate of drug-likeness (QED) is 0.876. The second-order valence-electron chi connectivity index (χ2n) is 4.50. The highest BCUT2D eigenvalue weighted by Gasteiger charge is 2.16. The highest BCUT2D eigenvalue weighted by atomic mass is 32.2. The van der Waals surface area contributed by atoms with E-state index in [2.05, 4.69) is 15.0 Å². The number of benzene rings is 1. The number of hydrogen-bond donors (Lipinski definition) is 2. The maximum absolute atomic E-state index is 13.5. The summed E-state index contributed by atoms with van der Waals surface area (Å²) in [4.78, 5) is 14.7. The standard InChI is InChI=1S/C14H14FN3O3S/c1-10(19)18-14-8-12(2-3-13(14)15)22(20,21)17-9-11-4-6-16-7-5-11/h2-8,17H,9H2,1H3,(H,18,19).